The number of nitrogens with zero attached hydrogens (tertiary/aromatic N) is 1. The van der Waals surface area contributed by atoms with Gasteiger partial charge in [-0.2, -0.15) is 0 Å². The standard InChI is InChI=1S/C13H16Cl2N2O3S/c1-9(18)17-6-4-10(5-7-17)16-21(19,20)11-2-3-12(14)13(15)8-11/h2-3,8,10,16H,4-7H2,1H3. The van der Waals surface area contributed by atoms with Gasteiger partial charge in [-0.3, -0.25) is 4.79 Å². The van der Waals surface area contributed by atoms with Crippen molar-refractivity contribution < 1.29 is 13.2 Å². The van der Waals surface area contributed by atoms with Gasteiger partial charge in [-0.25, -0.2) is 13.1 Å². The number of nitrogens with one attached hydrogen (secondary N) is 1. The number of amides is 1. The maximum Gasteiger partial charge on any atom is 0.240 e. The molecule has 0 radical (unpaired) electrons. The molecule has 1 aliphatic heterocycles. The van der Waals surface area contributed by atoms with E-state index in [0.29, 0.717) is 31.0 Å². The van der Waals surface area contributed by atoms with Gasteiger partial charge in [0.25, 0.3) is 0 Å². The Balaban J connectivity index is 2.05. The lowest BCUT2D eigenvalue weighted by molar-refractivity contribution is -0.129. The minimum Gasteiger partial charge on any atom is -0.343 e. The summed E-state index contributed by atoms with van der Waals surface area (Å²) in [6.45, 7) is 2.63. The number of hydrogen-bond donors (Lipinski definition) is 1. The van der Waals surface area contributed by atoms with Crippen molar-refractivity contribution in [3.05, 3.63) is 28.2 Å². The lowest BCUT2D eigenvalue weighted by Crippen LogP contribution is -2.45. The molecule has 0 saturated carbocycles. The minimum atomic E-state index is -3.63. The summed E-state index contributed by atoms with van der Waals surface area (Å²) in [6, 6.07) is 4.02. The molecule has 116 valence electrons. The van der Waals surface area contributed by atoms with Gasteiger partial charge in [0.05, 0.1) is 14.9 Å². The van der Waals surface area contributed by atoms with Crippen molar-refractivity contribution >= 4 is 39.1 Å². The summed E-state index contributed by atoms with van der Waals surface area (Å²) in [7, 11) is -3.63. The molecule has 1 heterocycles. The van der Waals surface area contributed by atoms with Crippen molar-refractivity contribution in [3.8, 4) is 0 Å². The zero-order chi connectivity index (χ0) is 15.6. The average molecular weight is 351 g/mol. The van der Waals surface area contributed by atoms with Gasteiger partial charge in [-0.05, 0) is 31.0 Å². The highest BCUT2D eigenvalue weighted by Gasteiger charge is 2.25. The van der Waals surface area contributed by atoms with E-state index in [-0.39, 0.29) is 21.9 Å². The molecule has 1 fully saturated rings. The van der Waals surface area contributed by atoms with Gasteiger partial charge >= 0.3 is 0 Å². The van der Waals surface area contributed by atoms with Crippen molar-refractivity contribution in [1.29, 1.82) is 0 Å². The summed E-state index contributed by atoms with van der Waals surface area (Å²) in [5, 5.41) is 0.510. The Morgan fingerprint density at radius 1 is 1.24 bits per heavy atom. The molecule has 0 spiro atoms. The molecule has 1 aliphatic rings. The lowest BCUT2D eigenvalue weighted by atomic mass is 10.1. The minimum absolute atomic E-state index is 0.0146. The first-order chi connectivity index (χ1) is 9.79. The third-order valence-corrected chi connectivity index (χ3v) is 5.72. The molecule has 1 saturated heterocycles. The van der Waals surface area contributed by atoms with Crippen LogP contribution in [0.2, 0.25) is 10.0 Å². The predicted octanol–water partition coefficient (Wildman–Crippen LogP) is 2.28. The molecule has 0 aromatic heterocycles. The molecule has 0 bridgehead atoms. The molecule has 1 aromatic carbocycles. The second-order valence-electron chi connectivity index (χ2n) is 4.98. The van der Waals surface area contributed by atoms with Crippen LogP contribution in [-0.2, 0) is 14.8 Å². The number of hydrogen-bond acceptors (Lipinski definition) is 3. The van der Waals surface area contributed by atoms with Crippen LogP contribution in [0.15, 0.2) is 23.1 Å². The maximum atomic E-state index is 12.3. The Bertz CT molecular complexity index is 641. The van der Waals surface area contributed by atoms with Gasteiger partial charge < -0.3 is 4.90 Å². The molecule has 2 rings (SSSR count). The second kappa shape index (κ2) is 6.52. The summed E-state index contributed by atoms with van der Waals surface area (Å²) >= 11 is 11.6. The number of halogens is 2. The Morgan fingerprint density at radius 3 is 2.38 bits per heavy atom. The van der Waals surface area contributed by atoms with Crippen LogP contribution >= 0.6 is 23.2 Å². The molecule has 0 unspecified atom stereocenters. The van der Waals surface area contributed by atoms with Crippen LogP contribution in [0, 0.1) is 0 Å². The number of rotatable bonds is 3. The summed E-state index contributed by atoms with van der Waals surface area (Å²) < 4.78 is 27.2. The Labute approximate surface area is 134 Å². The van der Waals surface area contributed by atoms with Crippen LogP contribution in [0.4, 0.5) is 0 Å². The second-order valence-corrected chi connectivity index (χ2v) is 7.51. The highest BCUT2D eigenvalue weighted by atomic mass is 35.5. The Hall–Kier alpha value is -0.820. The van der Waals surface area contributed by atoms with Crippen molar-refractivity contribution in [3.63, 3.8) is 0 Å². The van der Waals surface area contributed by atoms with Crippen molar-refractivity contribution in [2.24, 2.45) is 0 Å². The third-order valence-electron chi connectivity index (χ3n) is 3.46. The van der Waals surface area contributed by atoms with Gasteiger partial charge in [0.15, 0.2) is 0 Å². The number of sulfonamides is 1. The summed E-state index contributed by atoms with van der Waals surface area (Å²) in [5.74, 6) is 0.0146. The number of piperidine rings is 1. The highest BCUT2D eigenvalue weighted by Crippen LogP contribution is 2.25. The van der Waals surface area contributed by atoms with Crippen LogP contribution in [0.1, 0.15) is 19.8 Å². The van der Waals surface area contributed by atoms with Gasteiger partial charge in [0, 0.05) is 26.1 Å². The van der Waals surface area contributed by atoms with Gasteiger partial charge in [-0.15, -0.1) is 0 Å². The molecule has 1 N–H and O–H groups in total. The van der Waals surface area contributed by atoms with E-state index in [0.717, 1.165) is 0 Å². The van der Waals surface area contributed by atoms with E-state index >= 15 is 0 Å². The first kappa shape index (κ1) is 16.5. The van der Waals surface area contributed by atoms with Crippen molar-refractivity contribution in [1.82, 2.24) is 9.62 Å². The summed E-state index contributed by atoms with van der Waals surface area (Å²) in [4.78, 5) is 13.0. The SMILES string of the molecule is CC(=O)N1CCC(NS(=O)(=O)c2ccc(Cl)c(Cl)c2)CC1. The number of carbonyl (C=O) groups is 1. The Morgan fingerprint density at radius 2 is 1.86 bits per heavy atom. The van der Waals surface area contributed by atoms with Gasteiger partial charge in [0.2, 0.25) is 15.9 Å². The van der Waals surface area contributed by atoms with Crippen LogP contribution in [0.3, 0.4) is 0 Å². The molecule has 0 aliphatic carbocycles. The maximum absolute atomic E-state index is 12.3. The Kier molecular flexibility index (Phi) is 5.14. The number of likely N-dealkylation sites (tertiary alicyclic amines) is 1. The summed E-state index contributed by atoms with van der Waals surface area (Å²) in [5.41, 5.74) is 0. The number of benzene rings is 1. The fourth-order valence-electron chi connectivity index (χ4n) is 2.24. The molecule has 1 aromatic rings. The monoisotopic (exact) mass is 350 g/mol. The molecular weight excluding hydrogens is 335 g/mol. The van der Waals surface area contributed by atoms with E-state index < -0.39 is 10.0 Å². The largest absolute Gasteiger partial charge is 0.343 e. The van der Waals surface area contributed by atoms with Crippen molar-refractivity contribution in [2.75, 3.05) is 13.1 Å². The lowest BCUT2D eigenvalue weighted by Gasteiger charge is -2.31. The van der Waals surface area contributed by atoms with Crippen molar-refractivity contribution in [2.45, 2.75) is 30.7 Å². The average Bonchev–Trinajstić information content (AvgIpc) is 2.42. The molecule has 8 heteroatoms. The molecule has 5 nitrogen and oxygen atoms in total. The molecule has 21 heavy (non-hydrogen) atoms. The first-order valence-corrected chi connectivity index (χ1v) is 8.76. The van der Waals surface area contributed by atoms with Crippen LogP contribution in [0.5, 0.6) is 0 Å². The fourth-order valence-corrected chi connectivity index (χ4v) is 3.94. The quantitative estimate of drug-likeness (QED) is 0.909. The van der Waals surface area contributed by atoms with Gasteiger partial charge in [0.1, 0.15) is 0 Å². The molecular formula is C13H16Cl2N2O3S. The van der Waals surface area contributed by atoms with Crippen LogP contribution in [-0.4, -0.2) is 38.4 Å². The topological polar surface area (TPSA) is 66.5 Å². The van der Waals surface area contributed by atoms with E-state index in [1.807, 2.05) is 0 Å². The highest BCUT2D eigenvalue weighted by molar-refractivity contribution is 7.89. The van der Waals surface area contributed by atoms with E-state index in [1.54, 1.807) is 4.90 Å². The van der Waals surface area contributed by atoms with Crippen LogP contribution in [0.25, 0.3) is 0 Å². The van der Waals surface area contributed by atoms with E-state index in [2.05, 4.69) is 4.72 Å². The number of carbonyl (C=O) groups excluding carboxylic acids is 1. The first-order valence-electron chi connectivity index (χ1n) is 6.52. The zero-order valence-corrected chi connectivity index (χ0v) is 13.8. The van der Waals surface area contributed by atoms with E-state index in [1.165, 1.54) is 25.1 Å². The molecule has 0 atom stereocenters. The fraction of sp³-hybridized carbons (Fsp3) is 0.462. The van der Waals surface area contributed by atoms with Gasteiger partial charge in [-0.1, -0.05) is 23.2 Å². The normalized spacial score (nSPS) is 17.0. The summed E-state index contributed by atoms with van der Waals surface area (Å²) in [6.07, 6.45) is 1.19. The third kappa shape index (κ3) is 4.10. The smallest absolute Gasteiger partial charge is 0.240 e. The zero-order valence-electron chi connectivity index (χ0n) is 11.5. The van der Waals surface area contributed by atoms with E-state index in [9.17, 15) is 13.2 Å². The predicted molar refractivity (Wildman–Crippen MR) is 82.1 cm³/mol. The van der Waals surface area contributed by atoms with E-state index in [4.69, 9.17) is 23.2 Å². The molecule has 1 amide bonds. The van der Waals surface area contributed by atoms with Crippen LogP contribution < -0.4 is 4.72 Å².